The monoisotopic (exact) mass is 450 g/mol. The summed E-state index contributed by atoms with van der Waals surface area (Å²) in [5.41, 5.74) is 0. The third kappa shape index (κ3) is 2.72. The van der Waals surface area contributed by atoms with Crippen LogP contribution in [0.4, 0.5) is 0 Å². The van der Waals surface area contributed by atoms with E-state index in [9.17, 15) is 0 Å². The van der Waals surface area contributed by atoms with Gasteiger partial charge in [-0.2, -0.15) is 0 Å². The van der Waals surface area contributed by atoms with Gasteiger partial charge in [-0.1, -0.05) is 12.1 Å². The number of hydrogen-bond donors (Lipinski definition) is 0. The van der Waals surface area contributed by atoms with Crippen LogP contribution >= 0.6 is 45.2 Å². The van der Waals surface area contributed by atoms with Crippen molar-refractivity contribution in [3.63, 3.8) is 0 Å². The van der Waals surface area contributed by atoms with Crippen molar-refractivity contribution < 1.29 is 13.3 Å². The topological polar surface area (TPSA) is 27.7 Å². The summed E-state index contributed by atoms with van der Waals surface area (Å²) in [6.45, 7) is 0. The highest BCUT2D eigenvalue weighted by molar-refractivity contribution is 14.1. The van der Waals surface area contributed by atoms with Gasteiger partial charge >= 0.3 is 8.80 Å². The van der Waals surface area contributed by atoms with E-state index < -0.39 is 8.80 Å². The molecule has 0 aliphatic carbocycles. The average Bonchev–Trinajstić information content (AvgIpc) is 2.27. The van der Waals surface area contributed by atoms with E-state index in [1.165, 1.54) is 3.57 Å². The largest absolute Gasteiger partial charge is 0.537 e. The highest BCUT2D eigenvalue weighted by Gasteiger charge is 2.42. The van der Waals surface area contributed by atoms with E-state index in [0.29, 0.717) is 0 Å². The van der Waals surface area contributed by atoms with Crippen LogP contribution in [0.3, 0.4) is 0 Å². The molecule has 0 N–H and O–H groups in total. The molecular weight excluding hydrogens is 438 g/mol. The number of halogens is 2. The molecule has 0 aromatic heterocycles. The molecule has 84 valence electrons. The first-order valence-corrected chi connectivity index (χ1v) is 8.09. The van der Waals surface area contributed by atoms with Crippen molar-refractivity contribution in [2.24, 2.45) is 0 Å². The molecule has 0 atom stereocenters. The maximum absolute atomic E-state index is 5.44. The van der Waals surface area contributed by atoms with Crippen molar-refractivity contribution in [3.05, 3.63) is 25.3 Å². The van der Waals surface area contributed by atoms with Gasteiger partial charge in [0.15, 0.2) is 0 Å². The Morgan fingerprint density at radius 2 is 1.53 bits per heavy atom. The Morgan fingerprint density at radius 3 is 2.00 bits per heavy atom. The Balaban J connectivity index is 3.28. The molecule has 0 unspecified atom stereocenters. The molecule has 0 bridgehead atoms. The van der Waals surface area contributed by atoms with Gasteiger partial charge in [0, 0.05) is 33.7 Å². The molecule has 0 fully saturated rings. The van der Waals surface area contributed by atoms with E-state index in [2.05, 4.69) is 45.2 Å². The minimum atomic E-state index is -2.68. The number of benzene rings is 1. The Kier molecular flexibility index (Phi) is 5.46. The van der Waals surface area contributed by atoms with Crippen molar-refractivity contribution in [2.75, 3.05) is 21.3 Å². The minimum Gasteiger partial charge on any atom is -0.373 e. The Hall–Kier alpha value is 0.777. The fourth-order valence-electron chi connectivity index (χ4n) is 1.32. The lowest BCUT2D eigenvalue weighted by atomic mass is 10.4. The second-order valence-corrected chi connectivity index (χ2v) is 7.89. The van der Waals surface area contributed by atoms with Crippen LogP contribution < -0.4 is 5.19 Å². The van der Waals surface area contributed by atoms with Gasteiger partial charge in [0.1, 0.15) is 0 Å². The van der Waals surface area contributed by atoms with Crippen molar-refractivity contribution in [1.29, 1.82) is 0 Å². The lowest BCUT2D eigenvalue weighted by molar-refractivity contribution is 0.140. The summed E-state index contributed by atoms with van der Waals surface area (Å²) in [6.07, 6.45) is 0. The molecule has 0 aliphatic rings. The van der Waals surface area contributed by atoms with Crippen LogP contribution in [-0.2, 0) is 13.3 Å². The molecule has 0 saturated heterocycles. The fourth-order valence-corrected chi connectivity index (χ4v) is 5.29. The Bertz CT molecular complexity index is 334. The SMILES string of the molecule is CO[Si](OC)(OC)c1cccc(I)c1I. The normalized spacial score (nSPS) is 11.8. The summed E-state index contributed by atoms with van der Waals surface area (Å²) in [5.74, 6) is 0. The van der Waals surface area contributed by atoms with Gasteiger partial charge in [0.25, 0.3) is 0 Å². The van der Waals surface area contributed by atoms with Crippen LogP contribution in [0.15, 0.2) is 18.2 Å². The Labute approximate surface area is 118 Å². The summed E-state index contributed by atoms with van der Waals surface area (Å²) in [7, 11) is 2.18. The third-order valence-corrected chi connectivity index (χ3v) is 8.38. The predicted octanol–water partition coefficient (Wildman–Crippen LogP) is 1.98. The average molecular weight is 450 g/mol. The van der Waals surface area contributed by atoms with E-state index >= 15 is 0 Å². The van der Waals surface area contributed by atoms with E-state index in [4.69, 9.17) is 13.3 Å². The zero-order valence-corrected chi connectivity index (χ0v) is 14.0. The molecule has 1 rings (SSSR count). The molecule has 3 nitrogen and oxygen atoms in total. The molecule has 0 spiro atoms. The van der Waals surface area contributed by atoms with Crippen LogP contribution in [-0.4, -0.2) is 30.1 Å². The molecule has 0 radical (unpaired) electrons. The van der Waals surface area contributed by atoms with Crippen LogP contribution in [0.1, 0.15) is 0 Å². The molecule has 1 aromatic rings. The summed E-state index contributed by atoms with van der Waals surface area (Å²) >= 11 is 4.57. The molecule has 0 amide bonds. The second-order valence-electron chi connectivity index (χ2n) is 2.77. The summed E-state index contributed by atoms with van der Waals surface area (Å²) in [5, 5.41) is 1.02. The first-order valence-electron chi connectivity index (χ1n) is 4.21. The van der Waals surface area contributed by atoms with Crippen LogP contribution in [0.5, 0.6) is 0 Å². The zero-order valence-electron chi connectivity index (χ0n) is 8.71. The van der Waals surface area contributed by atoms with Gasteiger partial charge in [0.05, 0.1) is 0 Å². The standard InChI is InChI=1S/C9H12I2O3Si/c1-12-15(13-2,14-3)8-6-4-5-7(10)9(8)11/h4-6H,1-3H3. The molecule has 0 heterocycles. The van der Waals surface area contributed by atoms with Gasteiger partial charge in [-0.25, -0.2) is 0 Å². The third-order valence-electron chi connectivity index (χ3n) is 2.09. The van der Waals surface area contributed by atoms with Crippen LogP contribution in [0.25, 0.3) is 0 Å². The first-order chi connectivity index (χ1) is 7.11. The lowest BCUT2D eigenvalue weighted by Gasteiger charge is -2.25. The van der Waals surface area contributed by atoms with Crippen LogP contribution in [0.2, 0.25) is 0 Å². The molecule has 0 aliphatic heterocycles. The first kappa shape index (κ1) is 13.8. The number of rotatable bonds is 4. The molecule has 15 heavy (non-hydrogen) atoms. The van der Waals surface area contributed by atoms with Gasteiger partial charge in [0.2, 0.25) is 0 Å². The smallest absolute Gasteiger partial charge is 0.373 e. The minimum absolute atomic E-state index is 1.02. The highest BCUT2D eigenvalue weighted by atomic mass is 127. The van der Waals surface area contributed by atoms with Gasteiger partial charge in [-0.15, -0.1) is 0 Å². The molecule has 0 saturated carbocycles. The van der Waals surface area contributed by atoms with Crippen LogP contribution in [0, 0.1) is 7.14 Å². The van der Waals surface area contributed by atoms with E-state index in [1.807, 2.05) is 18.2 Å². The quantitative estimate of drug-likeness (QED) is 0.519. The number of hydrogen-bond acceptors (Lipinski definition) is 3. The van der Waals surface area contributed by atoms with E-state index in [1.54, 1.807) is 21.3 Å². The van der Waals surface area contributed by atoms with E-state index in [-0.39, 0.29) is 0 Å². The summed E-state index contributed by atoms with van der Waals surface area (Å²) in [4.78, 5) is 0. The van der Waals surface area contributed by atoms with Crippen molar-refractivity contribution in [2.45, 2.75) is 0 Å². The van der Waals surface area contributed by atoms with Gasteiger partial charge in [-0.05, 0) is 51.2 Å². The van der Waals surface area contributed by atoms with E-state index in [0.717, 1.165) is 8.76 Å². The maximum atomic E-state index is 5.44. The lowest BCUT2D eigenvalue weighted by Crippen LogP contribution is -2.56. The Morgan fingerprint density at radius 1 is 1.00 bits per heavy atom. The highest BCUT2D eigenvalue weighted by Crippen LogP contribution is 2.17. The zero-order chi connectivity index (χ0) is 11.5. The second kappa shape index (κ2) is 5.91. The van der Waals surface area contributed by atoms with Gasteiger partial charge in [-0.3, -0.25) is 0 Å². The van der Waals surface area contributed by atoms with Gasteiger partial charge < -0.3 is 13.3 Å². The molecule has 1 aromatic carbocycles. The van der Waals surface area contributed by atoms with Crippen molar-refractivity contribution in [3.8, 4) is 0 Å². The summed E-state index contributed by atoms with van der Waals surface area (Å²) < 4.78 is 18.6. The molecular formula is C9H12I2O3Si. The molecule has 6 heteroatoms. The predicted molar refractivity (Wildman–Crippen MR) is 78.3 cm³/mol. The van der Waals surface area contributed by atoms with Crippen molar-refractivity contribution in [1.82, 2.24) is 0 Å². The maximum Gasteiger partial charge on any atom is 0.537 e. The van der Waals surface area contributed by atoms with Crippen molar-refractivity contribution >= 4 is 59.2 Å². The fraction of sp³-hybridized carbons (Fsp3) is 0.333. The summed E-state index contributed by atoms with van der Waals surface area (Å²) in [6, 6.07) is 6.02.